The number of nitrogens with zero attached hydrogens (tertiary/aromatic N) is 1. The molecule has 1 aliphatic rings. The number of unbranched alkanes of at least 4 members (excludes halogenated alkanes) is 3. The van der Waals surface area contributed by atoms with E-state index in [9.17, 15) is 14.7 Å². The molecule has 1 amide bonds. The van der Waals surface area contributed by atoms with E-state index in [1.165, 1.54) is 49.7 Å². The zero-order valence-electron chi connectivity index (χ0n) is 18.2. The molecule has 1 aliphatic heterocycles. The predicted octanol–water partition coefficient (Wildman–Crippen LogP) is 4.34. The first-order valence-corrected chi connectivity index (χ1v) is 11.7. The maximum atomic E-state index is 12.5. The van der Waals surface area contributed by atoms with Crippen LogP contribution in [0.2, 0.25) is 0 Å². The van der Waals surface area contributed by atoms with Gasteiger partial charge in [0.25, 0.3) is 0 Å². The molecule has 2 aromatic rings. The number of carbonyl (C=O) groups is 2. The van der Waals surface area contributed by atoms with Gasteiger partial charge < -0.3 is 19.5 Å². The van der Waals surface area contributed by atoms with Gasteiger partial charge in [-0.3, -0.25) is 4.79 Å². The van der Waals surface area contributed by atoms with Crippen molar-refractivity contribution in [2.45, 2.75) is 64.2 Å². The van der Waals surface area contributed by atoms with Crippen molar-refractivity contribution in [3.05, 3.63) is 51.7 Å². The average Bonchev–Trinajstić information content (AvgIpc) is 3.35. The third kappa shape index (κ3) is 6.15. The molecular formula is C24H31NO5S. The number of benzene rings is 1. The van der Waals surface area contributed by atoms with Gasteiger partial charge in [0, 0.05) is 10.6 Å². The molecule has 1 saturated heterocycles. The number of anilines is 1. The van der Waals surface area contributed by atoms with Crippen LogP contribution in [0.1, 0.15) is 59.1 Å². The lowest BCUT2D eigenvalue weighted by atomic mass is 10.1. The van der Waals surface area contributed by atoms with Gasteiger partial charge in [-0.15, -0.1) is 11.3 Å². The first-order chi connectivity index (χ1) is 15.0. The highest BCUT2D eigenvalue weighted by atomic mass is 32.1. The van der Waals surface area contributed by atoms with Crippen LogP contribution < -0.4 is 4.90 Å². The van der Waals surface area contributed by atoms with Gasteiger partial charge in [-0.25, -0.2) is 4.79 Å². The van der Waals surface area contributed by atoms with E-state index in [0.29, 0.717) is 11.5 Å². The van der Waals surface area contributed by atoms with Gasteiger partial charge in [-0.1, -0.05) is 38.3 Å². The van der Waals surface area contributed by atoms with E-state index in [1.54, 1.807) is 11.0 Å². The maximum absolute atomic E-state index is 12.5. The first kappa shape index (κ1) is 23.4. The average molecular weight is 446 g/mol. The molecule has 6 nitrogen and oxygen atoms in total. The molecule has 2 heterocycles. The Morgan fingerprint density at radius 1 is 1.16 bits per heavy atom. The number of methoxy groups -OCH3 is 1. The third-order valence-corrected chi connectivity index (χ3v) is 6.58. The maximum Gasteiger partial charge on any atom is 0.348 e. The molecule has 1 aromatic carbocycles. The fourth-order valence-corrected chi connectivity index (χ4v) is 4.68. The van der Waals surface area contributed by atoms with Crippen LogP contribution in [0, 0.1) is 0 Å². The molecule has 1 fully saturated rings. The van der Waals surface area contributed by atoms with Gasteiger partial charge in [-0.2, -0.15) is 0 Å². The van der Waals surface area contributed by atoms with E-state index < -0.39 is 12.1 Å². The number of amides is 1. The summed E-state index contributed by atoms with van der Waals surface area (Å²) in [6, 6.07) is 11.2. The fraction of sp³-hybridized carbons (Fsp3) is 0.500. The van der Waals surface area contributed by atoms with Crippen molar-refractivity contribution < 1.29 is 24.2 Å². The summed E-state index contributed by atoms with van der Waals surface area (Å²) in [7, 11) is 1.35. The number of thiophene rings is 1. The van der Waals surface area contributed by atoms with Crippen LogP contribution in [-0.2, 0) is 27.3 Å². The third-order valence-electron chi connectivity index (χ3n) is 5.54. The van der Waals surface area contributed by atoms with Crippen molar-refractivity contribution >= 4 is 28.9 Å². The monoisotopic (exact) mass is 445 g/mol. The molecule has 0 spiro atoms. The number of hydrogen-bond donors (Lipinski definition) is 1. The van der Waals surface area contributed by atoms with Crippen molar-refractivity contribution in [1.82, 2.24) is 0 Å². The molecule has 0 radical (unpaired) electrons. The van der Waals surface area contributed by atoms with Crippen molar-refractivity contribution in [3.8, 4) is 0 Å². The predicted molar refractivity (Wildman–Crippen MR) is 122 cm³/mol. The zero-order chi connectivity index (χ0) is 22.2. The normalized spacial score (nSPS) is 18.5. The van der Waals surface area contributed by atoms with Gasteiger partial charge in [0.05, 0.1) is 38.9 Å². The molecule has 0 bridgehead atoms. The molecule has 2 atom stereocenters. The molecule has 3 rings (SSSR count). The van der Waals surface area contributed by atoms with E-state index in [1.807, 2.05) is 18.2 Å². The second kappa shape index (κ2) is 11.4. The van der Waals surface area contributed by atoms with Crippen LogP contribution in [0.15, 0.2) is 36.4 Å². The lowest BCUT2D eigenvalue weighted by Crippen LogP contribution is -2.40. The summed E-state index contributed by atoms with van der Waals surface area (Å²) in [5, 5.41) is 10.4. The Kier molecular flexibility index (Phi) is 8.63. The Hall–Kier alpha value is -2.22. The molecule has 168 valence electrons. The summed E-state index contributed by atoms with van der Waals surface area (Å²) in [6.45, 7) is 2.73. The minimum atomic E-state index is -0.768. The SMILES string of the molecule is CCCCCCc1ccc(N2C(=O)CC(O)[C@@H]2COCc2ccc(C(=O)OC)s2)cc1. The highest BCUT2D eigenvalue weighted by Gasteiger charge is 2.39. The van der Waals surface area contributed by atoms with E-state index in [4.69, 9.17) is 9.47 Å². The van der Waals surface area contributed by atoms with Crippen molar-refractivity contribution in [2.24, 2.45) is 0 Å². The second-order valence-corrected chi connectivity index (χ2v) is 9.02. The van der Waals surface area contributed by atoms with E-state index in [2.05, 4.69) is 19.1 Å². The second-order valence-electron chi connectivity index (χ2n) is 7.85. The van der Waals surface area contributed by atoms with E-state index in [0.717, 1.165) is 17.0 Å². The topological polar surface area (TPSA) is 76.1 Å². The highest BCUT2D eigenvalue weighted by Crippen LogP contribution is 2.28. The minimum Gasteiger partial charge on any atom is -0.465 e. The number of aryl methyl sites for hydroxylation is 1. The minimum absolute atomic E-state index is 0.0955. The lowest BCUT2D eigenvalue weighted by molar-refractivity contribution is -0.117. The highest BCUT2D eigenvalue weighted by molar-refractivity contribution is 7.13. The number of rotatable bonds is 11. The number of ether oxygens (including phenoxy) is 2. The van der Waals surface area contributed by atoms with Gasteiger partial charge in [0.15, 0.2) is 0 Å². The molecule has 0 saturated carbocycles. The van der Waals surface area contributed by atoms with E-state index in [-0.39, 0.29) is 24.9 Å². The molecule has 1 N–H and O–H groups in total. The van der Waals surface area contributed by atoms with Crippen LogP contribution in [0.5, 0.6) is 0 Å². The molecular weight excluding hydrogens is 414 g/mol. The van der Waals surface area contributed by atoms with Crippen LogP contribution in [0.3, 0.4) is 0 Å². The number of aliphatic hydroxyl groups excluding tert-OH is 1. The Bertz CT molecular complexity index is 863. The first-order valence-electron chi connectivity index (χ1n) is 10.9. The van der Waals surface area contributed by atoms with Crippen molar-refractivity contribution in [1.29, 1.82) is 0 Å². The van der Waals surface area contributed by atoms with E-state index >= 15 is 0 Å². The molecule has 1 aromatic heterocycles. The summed E-state index contributed by atoms with van der Waals surface area (Å²) in [5.74, 6) is -0.464. The summed E-state index contributed by atoms with van der Waals surface area (Å²) in [5.41, 5.74) is 2.05. The van der Waals surface area contributed by atoms with Gasteiger partial charge in [-0.05, 0) is 42.7 Å². The van der Waals surface area contributed by atoms with Crippen LogP contribution in [0.4, 0.5) is 5.69 Å². The molecule has 31 heavy (non-hydrogen) atoms. The fourth-order valence-electron chi connectivity index (χ4n) is 3.82. The molecule has 0 aliphatic carbocycles. The van der Waals surface area contributed by atoms with Crippen molar-refractivity contribution in [3.63, 3.8) is 0 Å². The number of hydrogen-bond acceptors (Lipinski definition) is 6. The summed E-state index contributed by atoms with van der Waals surface area (Å²) in [4.78, 5) is 27.2. The standard InChI is InChI=1S/C24H31NO5S/c1-3-4-5-6-7-17-8-10-18(11-9-17)25-20(21(26)14-23(25)27)16-30-15-19-12-13-22(31-19)24(28)29-2/h8-13,20-21,26H,3-7,14-16H2,1-2H3/t20-,21?/m0/s1. The Morgan fingerprint density at radius 2 is 1.94 bits per heavy atom. The molecule has 1 unspecified atom stereocenters. The number of carbonyl (C=O) groups excluding carboxylic acids is 2. The Balaban J connectivity index is 1.57. The van der Waals surface area contributed by atoms with Gasteiger partial charge in [0.2, 0.25) is 5.91 Å². The number of aliphatic hydroxyl groups is 1. The Morgan fingerprint density at radius 3 is 2.65 bits per heavy atom. The summed E-state index contributed by atoms with van der Waals surface area (Å²) in [6.07, 6.45) is 5.26. The van der Waals surface area contributed by atoms with Gasteiger partial charge >= 0.3 is 5.97 Å². The largest absolute Gasteiger partial charge is 0.465 e. The van der Waals surface area contributed by atoms with Crippen LogP contribution >= 0.6 is 11.3 Å². The van der Waals surface area contributed by atoms with Crippen molar-refractivity contribution in [2.75, 3.05) is 18.6 Å². The molecule has 7 heteroatoms. The van der Waals surface area contributed by atoms with Crippen LogP contribution in [-0.4, -0.2) is 42.8 Å². The lowest BCUT2D eigenvalue weighted by Gasteiger charge is -2.26. The van der Waals surface area contributed by atoms with Crippen LogP contribution in [0.25, 0.3) is 0 Å². The quantitative estimate of drug-likeness (QED) is 0.411. The Labute approximate surface area is 187 Å². The zero-order valence-corrected chi connectivity index (χ0v) is 19.0. The number of esters is 1. The summed E-state index contributed by atoms with van der Waals surface area (Å²) >= 11 is 1.31. The summed E-state index contributed by atoms with van der Waals surface area (Å²) < 4.78 is 10.5. The smallest absolute Gasteiger partial charge is 0.348 e. The van der Waals surface area contributed by atoms with Gasteiger partial charge in [0.1, 0.15) is 4.88 Å².